The van der Waals surface area contributed by atoms with E-state index in [0.717, 1.165) is 43.4 Å². The molecule has 25 heavy (non-hydrogen) atoms. The molecule has 2 aromatic carbocycles. The number of halogens is 2. The zero-order valence-corrected chi connectivity index (χ0v) is 15.7. The van der Waals surface area contributed by atoms with Gasteiger partial charge in [-0.3, -0.25) is 4.79 Å². The minimum Gasteiger partial charge on any atom is -0.399 e. The highest BCUT2D eigenvalue weighted by atomic mass is 35.5. The van der Waals surface area contributed by atoms with Crippen LogP contribution in [0.2, 0.25) is 5.02 Å². The third-order valence-electron chi connectivity index (χ3n) is 4.95. The largest absolute Gasteiger partial charge is 0.399 e. The number of hydrogen-bond acceptors (Lipinski definition) is 2. The molecule has 1 saturated carbocycles. The zero-order chi connectivity index (χ0) is 17.0. The summed E-state index contributed by atoms with van der Waals surface area (Å²) < 4.78 is 0. The number of nitrogens with one attached hydrogen (secondary N) is 1. The van der Waals surface area contributed by atoms with Gasteiger partial charge in [0.2, 0.25) is 5.91 Å². The van der Waals surface area contributed by atoms with E-state index in [9.17, 15) is 4.79 Å². The second-order valence-electron chi connectivity index (χ2n) is 6.55. The quantitative estimate of drug-likeness (QED) is 0.751. The molecule has 1 aliphatic rings. The highest BCUT2D eigenvalue weighted by Crippen LogP contribution is 2.42. The van der Waals surface area contributed by atoms with E-state index >= 15 is 0 Å². The summed E-state index contributed by atoms with van der Waals surface area (Å²) in [5.41, 5.74) is 8.25. The number of benzene rings is 2. The number of anilines is 1. The number of amides is 1. The topological polar surface area (TPSA) is 55.1 Å². The fourth-order valence-electron chi connectivity index (χ4n) is 3.59. The van der Waals surface area contributed by atoms with Crippen molar-refractivity contribution in [3.63, 3.8) is 0 Å². The van der Waals surface area contributed by atoms with E-state index in [4.69, 9.17) is 17.3 Å². The molecular weight excluding hydrogens is 355 g/mol. The van der Waals surface area contributed by atoms with Crippen LogP contribution in [0.1, 0.15) is 36.8 Å². The van der Waals surface area contributed by atoms with E-state index in [0.29, 0.717) is 11.6 Å². The summed E-state index contributed by atoms with van der Waals surface area (Å²) in [5.74, 6) is 0.123. The summed E-state index contributed by atoms with van der Waals surface area (Å²) in [5, 5.41) is 3.82. The average Bonchev–Trinajstić information content (AvgIpc) is 3.08. The molecule has 0 radical (unpaired) electrons. The Morgan fingerprint density at radius 3 is 2.44 bits per heavy atom. The van der Waals surface area contributed by atoms with Gasteiger partial charge >= 0.3 is 0 Å². The maximum absolute atomic E-state index is 12.9. The molecule has 0 unspecified atom stereocenters. The first kappa shape index (κ1) is 19.6. The van der Waals surface area contributed by atoms with E-state index in [1.807, 2.05) is 48.5 Å². The first-order chi connectivity index (χ1) is 11.6. The average molecular weight is 379 g/mol. The summed E-state index contributed by atoms with van der Waals surface area (Å²) in [6, 6.07) is 15.5. The van der Waals surface area contributed by atoms with Gasteiger partial charge in [0.1, 0.15) is 0 Å². The maximum Gasteiger partial charge on any atom is 0.230 e. The van der Waals surface area contributed by atoms with Crippen LogP contribution in [0.3, 0.4) is 0 Å². The molecule has 3 N–H and O–H groups in total. The number of nitrogens with two attached hydrogens (primary N) is 1. The van der Waals surface area contributed by atoms with Gasteiger partial charge in [-0.15, -0.1) is 12.4 Å². The molecular formula is C20H24Cl2N2O. The van der Waals surface area contributed by atoms with Gasteiger partial charge in [0.05, 0.1) is 5.41 Å². The Hall–Kier alpha value is -1.71. The molecule has 0 atom stereocenters. The lowest BCUT2D eigenvalue weighted by molar-refractivity contribution is -0.126. The molecule has 0 bridgehead atoms. The molecule has 5 heteroatoms. The van der Waals surface area contributed by atoms with Gasteiger partial charge in [0.25, 0.3) is 0 Å². The van der Waals surface area contributed by atoms with Crippen LogP contribution in [0.25, 0.3) is 0 Å². The number of nitrogen functional groups attached to an aromatic ring is 1. The second kappa shape index (κ2) is 8.59. The van der Waals surface area contributed by atoms with Crippen molar-refractivity contribution in [2.45, 2.75) is 37.5 Å². The summed E-state index contributed by atoms with van der Waals surface area (Å²) >= 11 is 6.15. The van der Waals surface area contributed by atoms with Crippen molar-refractivity contribution in [2.75, 3.05) is 12.3 Å². The Morgan fingerprint density at radius 2 is 1.80 bits per heavy atom. The molecule has 0 aromatic heterocycles. The lowest BCUT2D eigenvalue weighted by Gasteiger charge is -2.28. The van der Waals surface area contributed by atoms with Crippen LogP contribution in [0.4, 0.5) is 5.69 Å². The van der Waals surface area contributed by atoms with Crippen LogP contribution < -0.4 is 11.1 Å². The van der Waals surface area contributed by atoms with Crippen molar-refractivity contribution in [3.8, 4) is 0 Å². The second-order valence-corrected chi connectivity index (χ2v) is 6.98. The number of carbonyl (C=O) groups is 1. The van der Waals surface area contributed by atoms with Gasteiger partial charge in [0, 0.05) is 17.3 Å². The van der Waals surface area contributed by atoms with Crippen molar-refractivity contribution in [2.24, 2.45) is 0 Å². The predicted octanol–water partition coefficient (Wildman–Crippen LogP) is 4.51. The van der Waals surface area contributed by atoms with Crippen molar-refractivity contribution in [3.05, 3.63) is 64.7 Å². The van der Waals surface area contributed by atoms with Crippen molar-refractivity contribution in [1.29, 1.82) is 0 Å². The molecule has 0 saturated heterocycles. The van der Waals surface area contributed by atoms with E-state index in [-0.39, 0.29) is 18.3 Å². The summed E-state index contributed by atoms with van der Waals surface area (Å²) in [4.78, 5) is 12.9. The van der Waals surface area contributed by atoms with Crippen LogP contribution in [0, 0.1) is 0 Å². The van der Waals surface area contributed by atoms with Gasteiger partial charge in [-0.1, -0.05) is 48.7 Å². The van der Waals surface area contributed by atoms with Crippen LogP contribution in [0.5, 0.6) is 0 Å². The van der Waals surface area contributed by atoms with Crippen LogP contribution in [-0.4, -0.2) is 12.5 Å². The smallest absolute Gasteiger partial charge is 0.230 e. The number of hydrogen-bond donors (Lipinski definition) is 2. The van der Waals surface area contributed by atoms with Crippen LogP contribution in [-0.2, 0) is 16.6 Å². The summed E-state index contributed by atoms with van der Waals surface area (Å²) in [6.45, 7) is 0.630. The Labute approximate surface area is 160 Å². The Morgan fingerprint density at radius 1 is 1.12 bits per heavy atom. The van der Waals surface area contributed by atoms with Crippen LogP contribution in [0.15, 0.2) is 48.5 Å². The molecule has 1 fully saturated rings. The number of carbonyl (C=O) groups excluding carboxylic acids is 1. The highest BCUT2D eigenvalue weighted by Gasteiger charge is 2.42. The zero-order valence-electron chi connectivity index (χ0n) is 14.1. The third-order valence-corrected chi connectivity index (χ3v) is 5.18. The van der Waals surface area contributed by atoms with Crippen molar-refractivity contribution in [1.82, 2.24) is 5.32 Å². The molecule has 1 aliphatic carbocycles. The van der Waals surface area contributed by atoms with Crippen molar-refractivity contribution >= 4 is 35.6 Å². The van der Waals surface area contributed by atoms with Gasteiger partial charge in [0.15, 0.2) is 0 Å². The van der Waals surface area contributed by atoms with Gasteiger partial charge in [-0.05, 0) is 54.7 Å². The minimum atomic E-state index is -0.425. The normalized spacial score (nSPS) is 15.4. The fraction of sp³-hybridized carbons (Fsp3) is 0.350. The van der Waals surface area contributed by atoms with Gasteiger partial charge in [-0.2, -0.15) is 0 Å². The molecule has 2 aromatic rings. The molecule has 0 aliphatic heterocycles. The highest BCUT2D eigenvalue weighted by molar-refractivity contribution is 6.30. The van der Waals surface area contributed by atoms with E-state index in [1.165, 1.54) is 5.56 Å². The molecule has 3 nitrogen and oxygen atoms in total. The SMILES string of the molecule is Cl.Nc1ccc(CCNC(=O)C2(c3cccc(Cl)c3)CCCC2)cc1. The molecule has 1 amide bonds. The van der Waals surface area contributed by atoms with E-state index < -0.39 is 5.41 Å². The summed E-state index contributed by atoms with van der Waals surface area (Å²) in [7, 11) is 0. The predicted molar refractivity (Wildman–Crippen MR) is 106 cm³/mol. The van der Waals surface area contributed by atoms with Crippen LogP contribution >= 0.6 is 24.0 Å². The lowest BCUT2D eigenvalue weighted by atomic mass is 9.78. The Kier molecular flexibility index (Phi) is 6.74. The molecule has 0 spiro atoms. The Balaban J connectivity index is 0.00000225. The fourth-order valence-corrected chi connectivity index (χ4v) is 3.78. The van der Waals surface area contributed by atoms with Gasteiger partial charge < -0.3 is 11.1 Å². The van der Waals surface area contributed by atoms with Gasteiger partial charge in [-0.25, -0.2) is 0 Å². The monoisotopic (exact) mass is 378 g/mol. The molecule has 3 rings (SSSR count). The molecule has 134 valence electrons. The van der Waals surface area contributed by atoms with E-state index in [1.54, 1.807) is 0 Å². The minimum absolute atomic E-state index is 0. The molecule has 0 heterocycles. The van der Waals surface area contributed by atoms with E-state index in [2.05, 4.69) is 5.32 Å². The number of rotatable bonds is 5. The first-order valence-electron chi connectivity index (χ1n) is 8.49. The lowest BCUT2D eigenvalue weighted by Crippen LogP contribution is -2.43. The maximum atomic E-state index is 12.9. The first-order valence-corrected chi connectivity index (χ1v) is 8.87. The third kappa shape index (κ3) is 4.47. The standard InChI is InChI=1S/C20H23ClN2O.ClH/c21-17-5-3-4-16(14-17)20(11-1-2-12-20)19(24)23-13-10-15-6-8-18(22)9-7-15;/h3-9,14H,1-2,10-13,22H2,(H,23,24);1H. The van der Waals surface area contributed by atoms with Crippen molar-refractivity contribution < 1.29 is 4.79 Å². The Bertz CT molecular complexity index is 710. The summed E-state index contributed by atoms with van der Waals surface area (Å²) in [6.07, 6.45) is 4.75.